The van der Waals surface area contributed by atoms with E-state index >= 15 is 0 Å². The zero-order valence-corrected chi connectivity index (χ0v) is 18.6. The minimum absolute atomic E-state index is 0.473. The van der Waals surface area contributed by atoms with Crippen LogP contribution in [0.1, 0.15) is 27.8 Å². The molecule has 5 aromatic rings. The van der Waals surface area contributed by atoms with Gasteiger partial charge in [0.05, 0.1) is 28.4 Å². The van der Waals surface area contributed by atoms with Gasteiger partial charge >= 0.3 is 0 Å². The van der Waals surface area contributed by atoms with Gasteiger partial charge in [0.15, 0.2) is 0 Å². The summed E-state index contributed by atoms with van der Waals surface area (Å²) in [6.45, 7) is 0. The molecule has 6 rings (SSSR count). The monoisotopic (exact) mass is 434 g/mol. The summed E-state index contributed by atoms with van der Waals surface area (Å²) in [5.41, 5.74) is 8.27. The van der Waals surface area contributed by atoms with Crippen LogP contribution in [-0.4, -0.2) is 0 Å². The molecule has 0 radical (unpaired) electrons. The van der Waals surface area contributed by atoms with Gasteiger partial charge in [0, 0.05) is 5.69 Å². The van der Waals surface area contributed by atoms with E-state index in [0.717, 1.165) is 17.1 Å². The fourth-order valence-corrected chi connectivity index (χ4v) is 5.40. The van der Waals surface area contributed by atoms with E-state index in [4.69, 9.17) is 0 Å². The topological polar surface area (TPSA) is 27.0 Å². The Labute approximate surface area is 200 Å². The Hall–Kier alpha value is -4.61. The van der Waals surface area contributed by atoms with E-state index in [2.05, 4.69) is 126 Å². The highest BCUT2D eigenvalue weighted by Crippen LogP contribution is 2.57. The molecule has 1 heterocycles. The lowest BCUT2D eigenvalue weighted by Gasteiger charge is -2.46. The Morgan fingerprint density at radius 1 is 0.529 bits per heavy atom. The number of anilines is 3. The standard InChI is InChI=1S/C32H22N2/c33-23-24-12-11-17-27(22-24)34-30-20-9-7-18-28(30)32(25-13-3-1-4-14-25,26-15-5-2-6-16-26)29-19-8-10-21-31(29)34/h1-22H. The van der Waals surface area contributed by atoms with Crippen LogP contribution < -0.4 is 4.90 Å². The molecule has 2 heteroatoms. The van der Waals surface area contributed by atoms with Crippen LogP contribution in [0.4, 0.5) is 17.1 Å². The third-order valence-corrected chi connectivity index (χ3v) is 6.74. The number of nitriles is 1. The molecule has 0 aliphatic carbocycles. The maximum absolute atomic E-state index is 9.56. The summed E-state index contributed by atoms with van der Waals surface area (Å²) in [7, 11) is 0. The van der Waals surface area contributed by atoms with Crippen molar-refractivity contribution in [3.8, 4) is 6.07 Å². The van der Waals surface area contributed by atoms with Crippen LogP contribution in [-0.2, 0) is 5.41 Å². The van der Waals surface area contributed by atoms with Gasteiger partial charge in [0.2, 0.25) is 0 Å². The fourth-order valence-electron chi connectivity index (χ4n) is 5.40. The van der Waals surface area contributed by atoms with Gasteiger partial charge in [-0.3, -0.25) is 0 Å². The predicted molar refractivity (Wildman–Crippen MR) is 138 cm³/mol. The van der Waals surface area contributed by atoms with Crippen molar-refractivity contribution in [1.82, 2.24) is 0 Å². The van der Waals surface area contributed by atoms with E-state index in [9.17, 15) is 5.26 Å². The first-order valence-electron chi connectivity index (χ1n) is 11.4. The maximum atomic E-state index is 9.56. The fraction of sp³-hybridized carbons (Fsp3) is 0.0312. The average molecular weight is 435 g/mol. The van der Waals surface area contributed by atoms with Crippen LogP contribution in [0, 0.1) is 11.3 Å². The molecule has 0 N–H and O–H groups in total. The molecule has 0 atom stereocenters. The second-order valence-electron chi connectivity index (χ2n) is 8.51. The average Bonchev–Trinajstić information content (AvgIpc) is 2.92. The first-order valence-corrected chi connectivity index (χ1v) is 11.4. The molecule has 160 valence electrons. The van der Waals surface area contributed by atoms with Crippen molar-refractivity contribution in [1.29, 1.82) is 5.26 Å². The smallest absolute Gasteiger partial charge is 0.0992 e. The molecule has 0 aromatic heterocycles. The molecular formula is C32H22N2. The van der Waals surface area contributed by atoms with Crippen molar-refractivity contribution < 1.29 is 0 Å². The number of benzene rings is 5. The minimum atomic E-state index is -0.473. The lowest BCUT2D eigenvalue weighted by atomic mass is 9.62. The number of hydrogen-bond acceptors (Lipinski definition) is 2. The molecule has 5 aromatic carbocycles. The summed E-state index contributed by atoms with van der Waals surface area (Å²) in [6, 6.07) is 49.0. The van der Waals surface area contributed by atoms with Crippen molar-refractivity contribution >= 4 is 17.1 Å². The molecule has 0 saturated carbocycles. The van der Waals surface area contributed by atoms with E-state index in [1.807, 2.05) is 18.2 Å². The van der Waals surface area contributed by atoms with E-state index < -0.39 is 5.41 Å². The lowest BCUT2D eigenvalue weighted by molar-refractivity contribution is 0.731. The van der Waals surface area contributed by atoms with Gasteiger partial charge in [-0.1, -0.05) is 103 Å². The molecule has 0 fully saturated rings. The Balaban J connectivity index is 1.76. The summed E-state index contributed by atoms with van der Waals surface area (Å²) in [6.07, 6.45) is 0. The van der Waals surface area contributed by atoms with Crippen LogP contribution >= 0.6 is 0 Å². The van der Waals surface area contributed by atoms with E-state index in [1.165, 1.54) is 22.3 Å². The van der Waals surface area contributed by atoms with Crippen LogP contribution in [0.5, 0.6) is 0 Å². The molecule has 1 aliphatic heterocycles. The Kier molecular flexibility index (Phi) is 4.75. The van der Waals surface area contributed by atoms with Crippen LogP contribution in [0.25, 0.3) is 0 Å². The van der Waals surface area contributed by atoms with Crippen LogP contribution in [0.2, 0.25) is 0 Å². The van der Waals surface area contributed by atoms with E-state index in [-0.39, 0.29) is 0 Å². The molecule has 0 amide bonds. The van der Waals surface area contributed by atoms with Crippen molar-refractivity contribution in [2.24, 2.45) is 0 Å². The normalized spacial score (nSPS) is 13.4. The summed E-state index contributed by atoms with van der Waals surface area (Å²) in [4.78, 5) is 2.29. The Bertz CT molecular complexity index is 1430. The second kappa shape index (κ2) is 8.06. The first kappa shape index (κ1) is 20.0. The SMILES string of the molecule is N#Cc1cccc(N2c3ccccc3C(c3ccccc3)(c3ccccc3)c3ccccc32)c1. The number of fused-ring (bicyclic) bond motifs is 2. The van der Waals surface area contributed by atoms with Crippen LogP contribution in [0.3, 0.4) is 0 Å². The number of para-hydroxylation sites is 2. The zero-order valence-electron chi connectivity index (χ0n) is 18.6. The highest BCUT2D eigenvalue weighted by atomic mass is 15.2. The second-order valence-corrected chi connectivity index (χ2v) is 8.51. The maximum Gasteiger partial charge on any atom is 0.0992 e. The summed E-state index contributed by atoms with van der Waals surface area (Å²) in [5, 5.41) is 9.56. The molecule has 0 unspecified atom stereocenters. The minimum Gasteiger partial charge on any atom is -0.310 e. The van der Waals surface area contributed by atoms with Crippen molar-refractivity contribution in [3.63, 3.8) is 0 Å². The van der Waals surface area contributed by atoms with E-state index in [0.29, 0.717) is 5.56 Å². The number of rotatable bonds is 3. The molecule has 0 bridgehead atoms. The van der Waals surface area contributed by atoms with Crippen molar-refractivity contribution in [3.05, 3.63) is 161 Å². The lowest BCUT2D eigenvalue weighted by Crippen LogP contribution is -2.37. The van der Waals surface area contributed by atoms with Gasteiger partial charge in [-0.05, 0) is 52.6 Å². The van der Waals surface area contributed by atoms with Gasteiger partial charge in [-0.15, -0.1) is 0 Å². The van der Waals surface area contributed by atoms with Gasteiger partial charge in [-0.25, -0.2) is 0 Å². The zero-order chi connectivity index (χ0) is 23.0. The van der Waals surface area contributed by atoms with E-state index in [1.54, 1.807) is 0 Å². The third-order valence-electron chi connectivity index (χ3n) is 6.74. The first-order chi connectivity index (χ1) is 16.8. The van der Waals surface area contributed by atoms with Gasteiger partial charge < -0.3 is 4.90 Å². The quantitative estimate of drug-likeness (QED) is 0.285. The predicted octanol–water partition coefficient (Wildman–Crippen LogP) is 7.72. The molecule has 1 aliphatic rings. The molecule has 0 spiro atoms. The molecule has 34 heavy (non-hydrogen) atoms. The molecule has 0 saturated heterocycles. The number of nitrogens with zero attached hydrogens (tertiary/aromatic N) is 2. The van der Waals surface area contributed by atoms with Crippen molar-refractivity contribution in [2.75, 3.05) is 4.90 Å². The highest BCUT2D eigenvalue weighted by Gasteiger charge is 2.46. The Morgan fingerprint density at radius 2 is 1.03 bits per heavy atom. The van der Waals surface area contributed by atoms with Gasteiger partial charge in [-0.2, -0.15) is 5.26 Å². The summed E-state index contributed by atoms with van der Waals surface area (Å²) in [5.74, 6) is 0. The third kappa shape index (κ3) is 2.88. The summed E-state index contributed by atoms with van der Waals surface area (Å²) < 4.78 is 0. The Morgan fingerprint density at radius 3 is 1.56 bits per heavy atom. The van der Waals surface area contributed by atoms with Gasteiger partial charge in [0.25, 0.3) is 0 Å². The highest BCUT2D eigenvalue weighted by molar-refractivity contribution is 5.89. The number of hydrogen-bond donors (Lipinski definition) is 0. The largest absolute Gasteiger partial charge is 0.310 e. The molecule has 2 nitrogen and oxygen atoms in total. The summed E-state index contributed by atoms with van der Waals surface area (Å²) >= 11 is 0. The van der Waals surface area contributed by atoms with Crippen LogP contribution in [0.15, 0.2) is 133 Å². The van der Waals surface area contributed by atoms with Crippen molar-refractivity contribution in [2.45, 2.75) is 5.41 Å². The molecular weight excluding hydrogens is 412 g/mol. The van der Waals surface area contributed by atoms with Gasteiger partial charge in [0.1, 0.15) is 0 Å².